The van der Waals surface area contributed by atoms with E-state index in [1.165, 1.54) is 0 Å². The Bertz CT molecular complexity index is 1150. The molecule has 0 aliphatic carbocycles. The molecule has 4 aromatic rings. The number of anilines is 1. The van der Waals surface area contributed by atoms with Gasteiger partial charge in [-0.1, -0.05) is 41.4 Å². The van der Waals surface area contributed by atoms with Gasteiger partial charge in [0.1, 0.15) is 0 Å². The van der Waals surface area contributed by atoms with Crippen molar-refractivity contribution in [2.75, 3.05) is 5.32 Å². The first kappa shape index (κ1) is 19.0. The van der Waals surface area contributed by atoms with E-state index in [0.717, 1.165) is 27.5 Å². The van der Waals surface area contributed by atoms with Crippen LogP contribution in [-0.2, 0) is 11.2 Å². The van der Waals surface area contributed by atoms with Crippen LogP contribution < -0.4 is 5.32 Å². The predicted molar refractivity (Wildman–Crippen MR) is 117 cm³/mol. The minimum Gasteiger partial charge on any atom is -0.326 e. The molecule has 2 aromatic carbocycles. The largest absolute Gasteiger partial charge is 0.326 e. The Balaban J connectivity index is 1.45. The molecular weight excluding hydrogens is 413 g/mol. The van der Waals surface area contributed by atoms with Gasteiger partial charge in [-0.3, -0.25) is 9.20 Å². The average molecular weight is 430 g/mol. The molecule has 0 saturated heterocycles. The van der Waals surface area contributed by atoms with Crippen LogP contribution in [0, 0.1) is 6.92 Å². The van der Waals surface area contributed by atoms with E-state index >= 15 is 0 Å². The number of aromatic nitrogens is 2. The van der Waals surface area contributed by atoms with Crippen LogP contribution in [0.25, 0.3) is 16.2 Å². The third-order valence-corrected chi connectivity index (χ3v) is 6.04. The molecule has 0 saturated carbocycles. The molecule has 0 atom stereocenters. The monoisotopic (exact) mass is 429 g/mol. The maximum absolute atomic E-state index is 12.3. The Hall–Kier alpha value is -2.34. The fourth-order valence-electron chi connectivity index (χ4n) is 2.90. The molecular formula is C21H17Cl2N3OS. The Morgan fingerprint density at radius 2 is 1.96 bits per heavy atom. The number of amides is 1. The molecule has 28 heavy (non-hydrogen) atoms. The molecule has 0 aliphatic rings. The number of halogens is 2. The second kappa shape index (κ2) is 7.95. The van der Waals surface area contributed by atoms with Gasteiger partial charge < -0.3 is 5.32 Å². The first-order valence-corrected chi connectivity index (χ1v) is 10.4. The number of hydrogen-bond donors (Lipinski definition) is 1. The van der Waals surface area contributed by atoms with Crippen molar-refractivity contribution in [1.29, 1.82) is 0 Å². The normalized spacial score (nSPS) is 11.1. The maximum Gasteiger partial charge on any atom is 0.224 e. The summed E-state index contributed by atoms with van der Waals surface area (Å²) in [5, 5.41) is 6.29. The van der Waals surface area contributed by atoms with Gasteiger partial charge in [0.25, 0.3) is 0 Å². The van der Waals surface area contributed by atoms with Crippen molar-refractivity contribution < 1.29 is 4.79 Å². The fourth-order valence-corrected chi connectivity index (χ4v) is 4.12. The summed E-state index contributed by atoms with van der Waals surface area (Å²) in [6, 6.07) is 13.1. The van der Waals surface area contributed by atoms with Crippen molar-refractivity contribution in [2.24, 2.45) is 0 Å². The minimum absolute atomic E-state index is 0.0442. The zero-order chi connectivity index (χ0) is 19.7. The van der Waals surface area contributed by atoms with E-state index in [-0.39, 0.29) is 5.91 Å². The zero-order valence-electron chi connectivity index (χ0n) is 15.1. The summed E-state index contributed by atoms with van der Waals surface area (Å²) in [5.41, 5.74) is 4.66. The highest BCUT2D eigenvalue weighted by Gasteiger charge is 2.11. The molecule has 2 aromatic heterocycles. The first-order chi connectivity index (χ1) is 13.5. The standard InChI is InChI=1S/C21H17Cl2N3OS/c1-13-2-7-16(10-18(13)23)24-20(27)9-8-17-12-28-21-25-19(11-26(17)21)14-3-5-15(22)6-4-14/h2-7,10-12H,8-9H2,1H3,(H,24,27). The van der Waals surface area contributed by atoms with Gasteiger partial charge in [0, 0.05) is 45.0 Å². The summed E-state index contributed by atoms with van der Waals surface area (Å²) in [4.78, 5) is 17.9. The van der Waals surface area contributed by atoms with E-state index in [9.17, 15) is 4.79 Å². The number of carbonyl (C=O) groups excluding carboxylic acids is 1. The van der Waals surface area contributed by atoms with Crippen molar-refractivity contribution in [3.8, 4) is 11.3 Å². The molecule has 1 amide bonds. The van der Waals surface area contributed by atoms with Gasteiger partial charge in [-0.2, -0.15) is 0 Å². The van der Waals surface area contributed by atoms with E-state index < -0.39 is 0 Å². The third kappa shape index (κ3) is 4.07. The molecule has 0 aliphatic heterocycles. The van der Waals surface area contributed by atoms with Gasteiger partial charge in [0.05, 0.1) is 5.69 Å². The van der Waals surface area contributed by atoms with E-state index in [0.29, 0.717) is 28.6 Å². The predicted octanol–water partition coefficient (Wildman–Crippen LogP) is 6.25. The van der Waals surface area contributed by atoms with Gasteiger partial charge in [-0.15, -0.1) is 11.3 Å². The van der Waals surface area contributed by atoms with Crippen LogP contribution >= 0.6 is 34.5 Å². The van der Waals surface area contributed by atoms with Crippen molar-refractivity contribution in [3.63, 3.8) is 0 Å². The highest BCUT2D eigenvalue weighted by molar-refractivity contribution is 7.15. The number of hydrogen-bond acceptors (Lipinski definition) is 3. The van der Waals surface area contributed by atoms with E-state index in [1.807, 2.05) is 59.3 Å². The lowest BCUT2D eigenvalue weighted by Gasteiger charge is -2.06. The van der Waals surface area contributed by atoms with E-state index in [1.54, 1.807) is 17.4 Å². The van der Waals surface area contributed by atoms with Crippen molar-refractivity contribution >= 4 is 51.1 Å². The lowest BCUT2D eigenvalue weighted by molar-refractivity contribution is -0.116. The molecule has 4 rings (SSSR count). The van der Waals surface area contributed by atoms with Gasteiger partial charge >= 0.3 is 0 Å². The highest BCUT2D eigenvalue weighted by atomic mass is 35.5. The lowest BCUT2D eigenvalue weighted by Crippen LogP contribution is -2.12. The number of imidazole rings is 1. The molecule has 7 heteroatoms. The quantitative estimate of drug-likeness (QED) is 0.407. The molecule has 4 nitrogen and oxygen atoms in total. The second-order valence-corrected chi connectivity index (χ2v) is 8.20. The number of rotatable bonds is 5. The Kier molecular flexibility index (Phi) is 5.40. The van der Waals surface area contributed by atoms with Crippen molar-refractivity contribution in [3.05, 3.63) is 75.3 Å². The molecule has 1 N–H and O–H groups in total. The van der Waals surface area contributed by atoms with Crippen LogP contribution in [0.15, 0.2) is 54.0 Å². The lowest BCUT2D eigenvalue weighted by atomic mass is 10.2. The summed E-state index contributed by atoms with van der Waals surface area (Å²) < 4.78 is 2.05. The average Bonchev–Trinajstić information content (AvgIpc) is 3.25. The topological polar surface area (TPSA) is 46.4 Å². The van der Waals surface area contributed by atoms with Gasteiger partial charge in [0.15, 0.2) is 4.96 Å². The Morgan fingerprint density at radius 3 is 2.71 bits per heavy atom. The van der Waals surface area contributed by atoms with Crippen LogP contribution in [-0.4, -0.2) is 15.3 Å². The number of thiazole rings is 1. The summed E-state index contributed by atoms with van der Waals surface area (Å²) in [6.07, 6.45) is 3.01. The van der Waals surface area contributed by atoms with Crippen LogP contribution in [0.3, 0.4) is 0 Å². The number of fused-ring (bicyclic) bond motifs is 1. The number of benzene rings is 2. The highest BCUT2D eigenvalue weighted by Crippen LogP contribution is 2.25. The first-order valence-electron chi connectivity index (χ1n) is 8.77. The maximum atomic E-state index is 12.3. The molecule has 0 radical (unpaired) electrons. The molecule has 2 heterocycles. The van der Waals surface area contributed by atoms with Gasteiger partial charge in [-0.05, 0) is 43.2 Å². The number of aryl methyl sites for hydroxylation is 2. The summed E-state index contributed by atoms with van der Waals surface area (Å²) >= 11 is 13.6. The summed E-state index contributed by atoms with van der Waals surface area (Å²) in [5.74, 6) is -0.0442. The van der Waals surface area contributed by atoms with Crippen LogP contribution in [0.5, 0.6) is 0 Å². The third-order valence-electron chi connectivity index (χ3n) is 4.49. The Morgan fingerprint density at radius 1 is 1.18 bits per heavy atom. The molecule has 142 valence electrons. The minimum atomic E-state index is -0.0442. The van der Waals surface area contributed by atoms with Crippen molar-refractivity contribution in [2.45, 2.75) is 19.8 Å². The van der Waals surface area contributed by atoms with Crippen LogP contribution in [0.1, 0.15) is 17.7 Å². The molecule has 0 spiro atoms. The molecule has 0 unspecified atom stereocenters. The zero-order valence-corrected chi connectivity index (χ0v) is 17.4. The van der Waals surface area contributed by atoms with E-state index in [4.69, 9.17) is 23.2 Å². The smallest absolute Gasteiger partial charge is 0.224 e. The fraction of sp³-hybridized carbons (Fsp3) is 0.143. The number of nitrogens with zero attached hydrogens (tertiary/aromatic N) is 2. The van der Waals surface area contributed by atoms with Crippen LogP contribution in [0.2, 0.25) is 10.0 Å². The molecule has 0 fully saturated rings. The second-order valence-electron chi connectivity index (χ2n) is 6.52. The van der Waals surface area contributed by atoms with Crippen LogP contribution in [0.4, 0.5) is 5.69 Å². The van der Waals surface area contributed by atoms with E-state index in [2.05, 4.69) is 10.3 Å². The number of nitrogens with one attached hydrogen (secondary N) is 1. The van der Waals surface area contributed by atoms with Crippen molar-refractivity contribution in [1.82, 2.24) is 9.38 Å². The molecule has 0 bridgehead atoms. The van der Waals surface area contributed by atoms with Gasteiger partial charge in [-0.25, -0.2) is 4.98 Å². The SMILES string of the molecule is Cc1ccc(NC(=O)CCc2csc3nc(-c4ccc(Cl)cc4)cn23)cc1Cl. The Labute approximate surface area is 176 Å². The summed E-state index contributed by atoms with van der Waals surface area (Å²) in [6.45, 7) is 1.93. The summed E-state index contributed by atoms with van der Waals surface area (Å²) in [7, 11) is 0. The van der Waals surface area contributed by atoms with Gasteiger partial charge in [0.2, 0.25) is 5.91 Å². The number of carbonyl (C=O) groups is 1.